The number of rotatable bonds is 3. The van der Waals surface area contributed by atoms with E-state index in [0.29, 0.717) is 34.5 Å². The molecule has 5 rings (SSSR count). The summed E-state index contributed by atoms with van der Waals surface area (Å²) < 4.78 is 5.85. The lowest BCUT2D eigenvalue weighted by molar-refractivity contribution is 0.103. The molecule has 0 aliphatic carbocycles. The Morgan fingerprint density at radius 1 is 1.14 bits per heavy atom. The van der Waals surface area contributed by atoms with Crippen LogP contribution in [0, 0.1) is 11.3 Å². The summed E-state index contributed by atoms with van der Waals surface area (Å²) >= 11 is 0. The minimum Gasteiger partial charge on any atom is -0.441 e. The molecule has 2 fully saturated rings. The molecule has 2 aromatic carbocycles. The number of nitrogens with zero attached hydrogens (tertiary/aromatic N) is 2. The Labute approximate surface area is 169 Å². The zero-order valence-electron chi connectivity index (χ0n) is 16.2. The lowest BCUT2D eigenvalue weighted by Gasteiger charge is -2.34. The molecule has 5 nitrogen and oxygen atoms in total. The number of piperidine rings is 1. The summed E-state index contributed by atoms with van der Waals surface area (Å²) in [7, 11) is 0. The molecule has 2 aliphatic rings. The second-order valence-corrected chi connectivity index (χ2v) is 8.17. The highest BCUT2D eigenvalue weighted by molar-refractivity contribution is 6.11. The molecule has 2 unspecified atom stereocenters. The third-order valence-corrected chi connectivity index (χ3v) is 6.50. The van der Waals surface area contributed by atoms with E-state index in [1.54, 1.807) is 30.3 Å². The fourth-order valence-corrected chi connectivity index (χ4v) is 5.08. The largest absolute Gasteiger partial charge is 0.441 e. The van der Waals surface area contributed by atoms with Crippen molar-refractivity contribution in [3.63, 3.8) is 0 Å². The summed E-state index contributed by atoms with van der Waals surface area (Å²) in [5, 5.41) is 10.1. The molecule has 0 saturated carbocycles. The minimum atomic E-state index is -0.0969. The fourth-order valence-electron chi connectivity index (χ4n) is 5.08. The normalized spacial score (nSPS) is 21.8. The van der Waals surface area contributed by atoms with Crippen LogP contribution in [-0.4, -0.2) is 29.8 Å². The van der Waals surface area contributed by atoms with Gasteiger partial charge in [0.15, 0.2) is 11.7 Å². The maximum atomic E-state index is 13.0. The monoisotopic (exact) mass is 385 g/mol. The van der Waals surface area contributed by atoms with Crippen molar-refractivity contribution in [3.05, 3.63) is 64.7 Å². The smallest absolute Gasteiger partial charge is 0.195 e. The second-order valence-electron chi connectivity index (χ2n) is 8.17. The van der Waals surface area contributed by atoms with Gasteiger partial charge >= 0.3 is 0 Å². The van der Waals surface area contributed by atoms with Crippen molar-refractivity contribution in [1.29, 1.82) is 5.26 Å². The Bertz CT molecular complexity index is 1140. The summed E-state index contributed by atoms with van der Waals surface area (Å²) in [5.41, 5.74) is 9.67. The van der Waals surface area contributed by atoms with Crippen LogP contribution in [0.15, 0.2) is 46.9 Å². The maximum Gasteiger partial charge on any atom is 0.195 e. The number of anilines is 1. The van der Waals surface area contributed by atoms with Gasteiger partial charge in [-0.25, -0.2) is 0 Å². The predicted octanol–water partition coefficient (Wildman–Crippen LogP) is 4.46. The van der Waals surface area contributed by atoms with E-state index < -0.39 is 0 Å². The first kappa shape index (κ1) is 18.0. The Morgan fingerprint density at radius 3 is 2.86 bits per heavy atom. The second kappa shape index (κ2) is 7.06. The van der Waals surface area contributed by atoms with Crippen LogP contribution in [0.5, 0.6) is 0 Å². The van der Waals surface area contributed by atoms with Gasteiger partial charge in [0.05, 0.1) is 11.6 Å². The highest BCUT2D eigenvalue weighted by atomic mass is 16.3. The van der Waals surface area contributed by atoms with Gasteiger partial charge in [0.25, 0.3) is 0 Å². The van der Waals surface area contributed by atoms with Gasteiger partial charge < -0.3 is 15.1 Å². The van der Waals surface area contributed by atoms with Crippen LogP contribution >= 0.6 is 0 Å². The Kier molecular flexibility index (Phi) is 4.37. The number of hydrogen-bond acceptors (Lipinski definition) is 5. The topological polar surface area (TPSA) is 83.3 Å². The molecule has 2 aliphatic heterocycles. The molecular weight excluding hydrogens is 362 g/mol. The van der Waals surface area contributed by atoms with Crippen LogP contribution in [0.1, 0.15) is 58.6 Å². The van der Waals surface area contributed by atoms with Crippen molar-refractivity contribution in [2.24, 2.45) is 0 Å². The van der Waals surface area contributed by atoms with Crippen LogP contribution in [0.2, 0.25) is 0 Å². The molecule has 146 valence electrons. The number of nitriles is 1. The molecule has 2 atom stereocenters. The van der Waals surface area contributed by atoms with Crippen LogP contribution in [0.25, 0.3) is 11.0 Å². The van der Waals surface area contributed by atoms with E-state index >= 15 is 0 Å². The molecule has 0 radical (unpaired) electrons. The average molecular weight is 385 g/mol. The van der Waals surface area contributed by atoms with Gasteiger partial charge in [-0.2, -0.15) is 5.26 Å². The van der Waals surface area contributed by atoms with Crippen molar-refractivity contribution < 1.29 is 9.21 Å². The summed E-state index contributed by atoms with van der Waals surface area (Å²) in [4.78, 5) is 15.6. The molecule has 2 saturated heterocycles. The highest BCUT2D eigenvalue weighted by Gasteiger charge is 2.34. The van der Waals surface area contributed by atoms with Crippen LogP contribution in [0.4, 0.5) is 5.88 Å². The van der Waals surface area contributed by atoms with Gasteiger partial charge in [0.1, 0.15) is 5.58 Å². The van der Waals surface area contributed by atoms with Gasteiger partial charge in [-0.05, 0) is 75.0 Å². The third-order valence-electron chi connectivity index (χ3n) is 6.50. The first-order valence-electron chi connectivity index (χ1n) is 10.2. The Morgan fingerprint density at radius 2 is 2.00 bits per heavy atom. The molecule has 3 heterocycles. The summed E-state index contributed by atoms with van der Waals surface area (Å²) in [6.45, 7) is 2.31. The van der Waals surface area contributed by atoms with Crippen molar-refractivity contribution in [2.75, 3.05) is 18.8 Å². The van der Waals surface area contributed by atoms with Crippen molar-refractivity contribution in [3.8, 4) is 6.07 Å². The molecule has 0 spiro atoms. The standard InChI is InChI=1S/C24H23N3O2/c25-14-15-3-1-4-17(11-15)23(28)18-6-7-21-20(13-18)22(24(26)29-21)16-8-10-27-9-2-5-19(27)12-16/h1,3-4,6-7,11,13,16,19H,2,5,8-10,12,26H2. The van der Waals surface area contributed by atoms with Gasteiger partial charge in [-0.1, -0.05) is 12.1 Å². The molecule has 3 aromatic rings. The van der Waals surface area contributed by atoms with E-state index in [1.807, 2.05) is 12.1 Å². The number of furan rings is 1. The lowest BCUT2D eigenvalue weighted by atomic mass is 9.84. The minimum absolute atomic E-state index is 0.0969. The molecule has 0 amide bonds. The number of benzene rings is 2. The van der Waals surface area contributed by atoms with Gasteiger partial charge in [-0.15, -0.1) is 0 Å². The van der Waals surface area contributed by atoms with Crippen LogP contribution < -0.4 is 5.73 Å². The van der Waals surface area contributed by atoms with Crippen LogP contribution in [-0.2, 0) is 0 Å². The van der Waals surface area contributed by atoms with Crippen molar-refractivity contribution in [1.82, 2.24) is 4.90 Å². The SMILES string of the molecule is N#Cc1cccc(C(=O)c2ccc3oc(N)c(C4CCN5CCCC5C4)c3c2)c1. The third kappa shape index (κ3) is 3.10. The average Bonchev–Trinajstić information content (AvgIpc) is 3.35. The number of carbonyl (C=O) groups excluding carboxylic acids is 1. The number of carbonyl (C=O) groups is 1. The first-order chi connectivity index (χ1) is 14.1. The van der Waals surface area contributed by atoms with Gasteiger partial charge in [0.2, 0.25) is 0 Å². The van der Waals surface area contributed by atoms with Crippen molar-refractivity contribution >= 4 is 22.6 Å². The van der Waals surface area contributed by atoms with Gasteiger partial charge in [-0.3, -0.25) is 4.79 Å². The van der Waals surface area contributed by atoms with E-state index in [9.17, 15) is 4.79 Å². The molecule has 0 bridgehead atoms. The van der Waals surface area contributed by atoms with E-state index in [4.69, 9.17) is 15.4 Å². The van der Waals surface area contributed by atoms with Gasteiger partial charge in [0, 0.05) is 28.1 Å². The summed E-state index contributed by atoms with van der Waals surface area (Å²) in [5.74, 6) is 0.746. The summed E-state index contributed by atoms with van der Waals surface area (Å²) in [6.07, 6.45) is 4.70. The zero-order chi connectivity index (χ0) is 20.0. The molecular formula is C24H23N3O2. The highest BCUT2D eigenvalue weighted by Crippen LogP contribution is 2.43. The predicted molar refractivity (Wildman–Crippen MR) is 112 cm³/mol. The maximum absolute atomic E-state index is 13.0. The zero-order valence-corrected chi connectivity index (χ0v) is 16.2. The Hall–Kier alpha value is -3.10. The molecule has 2 N–H and O–H groups in total. The Balaban J connectivity index is 1.52. The first-order valence-corrected chi connectivity index (χ1v) is 10.2. The molecule has 29 heavy (non-hydrogen) atoms. The lowest BCUT2D eigenvalue weighted by Crippen LogP contribution is -2.37. The van der Waals surface area contributed by atoms with E-state index in [2.05, 4.69) is 11.0 Å². The fraction of sp³-hybridized carbons (Fsp3) is 0.333. The number of nitrogen functional groups attached to an aromatic ring is 1. The van der Waals surface area contributed by atoms with E-state index in [-0.39, 0.29) is 5.78 Å². The molecule has 5 heteroatoms. The number of ketones is 1. The van der Waals surface area contributed by atoms with Crippen LogP contribution in [0.3, 0.4) is 0 Å². The van der Waals surface area contributed by atoms with Crippen molar-refractivity contribution in [2.45, 2.75) is 37.6 Å². The quantitative estimate of drug-likeness (QED) is 0.673. The number of nitrogens with two attached hydrogens (primary N) is 1. The number of hydrogen-bond donors (Lipinski definition) is 1. The summed E-state index contributed by atoms with van der Waals surface area (Å²) in [6, 6.07) is 15.1. The molecule has 1 aromatic heterocycles. The van der Waals surface area contributed by atoms with E-state index in [1.165, 1.54) is 19.4 Å². The number of fused-ring (bicyclic) bond motifs is 2. The van der Waals surface area contributed by atoms with E-state index in [0.717, 1.165) is 35.9 Å².